The molecule has 9 nitrogen and oxygen atoms in total. The third-order valence-electron chi connectivity index (χ3n) is 1.66. The summed E-state index contributed by atoms with van der Waals surface area (Å²) in [5.41, 5.74) is 4.85. The molecule has 16 heavy (non-hydrogen) atoms. The molecule has 0 atom stereocenters. The van der Waals surface area contributed by atoms with Crippen molar-refractivity contribution in [3.05, 3.63) is 16.4 Å². The molecule has 0 aliphatic carbocycles. The van der Waals surface area contributed by atoms with Gasteiger partial charge in [0.25, 0.3) is 0 Å². The Morgan fingerprint density at radius 2 is 2.38 bits per heavy atom. The first-order valence-corrected chi connectivity index (χ1v) is 4.11. The number of ether oxygens (including phenoxy) is 1. The van der Waals surface area contributed by atoms with Crippen LogP contribution in [0.3, 0.4) is 0 Å². The molecule has 1 aromatic heterocycles. The van der Waals surface area contributed by atoms with E-state index in [1.54, 1.807) is 0 Å². The fourth-order valence-electron chi connectivity index (χ4n) is 0.930. The molecule has 0 radical (unpaired) electrons. The number of nitrogens with one attached hydrogen (secondary N) is 1. The van der Waals surface area contributed by atoms with Crippen LogP contribution < -0.4 is 11.1 Å². The van der Waals surface area contributed by atoms with E-state index in [0.717, 1.165) is 6.33 Å². The number of hydrogen-bond acceptors (Lipinski definition) is 8. The van der Waals surface area contributed by atoms with Crippen molar-refractivity contribution in [1.82, 2.24) is 9.97 Å². The van der Waals surface area contributed by atoms with Crippen LogP contribution in [0.1, 0.15) is 0 Å². The Labute approximate surface area is 89.8 Å². The molecule has 0 aliphatic heterocycles. The van der Waals surface area contributed by atoms with Crippen LogP contribution in [0.4, 0.5) is 17.3 Å². The fourth-order valence-corrected chi connectivity index (χ4v) is 0.930. The zero-order valence-electron chi connectivity index (χ0n) is 8.34. The van der Waals surface area contributed by atoms with Crippen molar-refractivity contribution < 1.29 is 14.5 Å². The van der Waals surface area contributed by atoms with E-state index in [-0.39, 0.29) is 18.2 Å². The molecule has 1 rings (SSSR count). The van der Waals surface area contributed by atoms with Crippen LogP contribution in [0, 0.1) is 10.1 Å². The molecule has 3 N–H and O–H groups in total. The van der Waals surface area contributed by atoms with Gasteiger partial charge in [-0.2, -0.15) is 0 Å². The molecule has 0 aromatic carbocycles. The van der Waals surface area contributed by atoms with E-state index in [1.165, 1.54) is 7.11 Å². The van der Waals surface area contributed by atoms with Gasteiger partial charge in [-0.25, -0.2) is 9.97 Å². The Morgan fingerprint density at radius 3 is 2.94 bits per heavy atom. The summed E-state index contributed by atoms with van der Waals surface area (Å²) in [7, 11) is 1.20. The van der Waals surface area contributed by atoms with Crippen molar-refractivity contribution in [1.29, 1.82) is 0 Å². The van der Waals surface area contributed by atoms with Gasteiger partial charge >= 0.3 is 11.7 Å². The Hall–Kier alpha value is -2.45. The van der Waals surface area contributed by atoms with Crippen LogP contribution in [-0.2, 0) is 9.53 Å². The maximum atomic E-state index is 10.8. The summed E-state index contributed by atoms with van der Waals surface area (Å²) in [6, 6.07) is 0. The number of nitrogens with zero attached hydrogens (tertiary/aromatic N) is 3. The predicted molar refractivity (Wildman–Crippen MR) is 53.6 cm³/mol. The number of nitrogen functional groups attached to an aromatic ring is 1. The van der Waals surface area contributed by atoms with Crippen LogP contribution in [0.15, 0.2) is 6.33 Å². The second-order valence-electron chi connectivity index (χ2n) is 2.64. The largest absolute Gasteiger partial charge is 0.468 e. The third kappa shape index (κ3) is 2.53. The third-order valence-corrected chi connectivity index (χ3v) is 1.66. The van der Waals surface area contributed by atoms with Gasteiger partial charge in [0.1, 0.15) is 12.9 Å². The molecule has 86 valence electrons. The number of nitrogens with two attached hydrogens (primary N) is 1. The Morgan fingerprint density at radius 1 is 1.69 bits per heavy atom. The van der Waals surface area contributed by atoms with Crippen molar-refractivity contribution >= 4 is 23.3 Å². The van der Waals surface area contributed by atoms with Gasteiger partial charge in [-0.3, -0.25) is 14.9 Å². The number of aromatic nitrogens is 2. The molecule has 0 fully saturated rings. The van der Waals surface area contributed by atoms with Crippen LogP contribution >= 0.6 is 0 Å². The molecule has 0 unspecified atom stereocenters. The van der Waals surface area contributed by atoms with Gasteiger partial charge in [0.15, 0.2) is 0 Å². The minimum Gasteiger partial charge on any atom is -0.468 e. The molecule has 1 aromatic rings. The minimum atomic E-state index is -0.727. The first-order valence-electron chi connectivity index (χ1n) is 4.11. The quantitative estimate of drug-likeness (QED) is 0.401. The predicted octanol–water partition coefficient (Wildman–Crippen LogP) is -0.448. The number of hydrogen-bond donors (Lipinski definition) is 2. The van der Waals surface area contributed by atoms with Crippen LogP contribution in [0.5, 0.6) is 0 Å². The van der Waals surface area contributed by atoms with Gasteiger partial charge in [0, 0.05) is 0 Å². The average Bonchev–Trinajstić information content (AvgIpc) is 2.25. The van der Waals surface area contributed by atoms with E-state index < -0.39 is 16.6 Å². The maximum absolute atomic E-state index is 10.8. The number of anilines is 2. The highest BCUT2D eigenvalue weighted by atomic mass is 16.6. The molecule has 1 heterocycles. The first kappa shape index (κ1) is 11.6. The number of methoxy groups -OCH3 is 1. The van der Waals surface area contributed by atoms with E-state index in [2.05, 4.69) is 20.0 Å². The van der Waals surface area contributed by atoms with E-state index in [9.17, 15) is 14.9 Å². The zero-order chi connectivity index (χ0) is 12.1. The summed E-state index contributed by atoms with van der Waals surface area (Å²) < 4.78 is 4.36. The minimum absolute atomic E-state index is 0.122. The van der Waals surface area contributed by atoms with Crippen molar-refractivity contribution in [2.24, 2.45) is 0 Å². The lowest BCUT2D eigenvalue weighted by atomic mass is 10.4. The Kier molecular flexibility index (Phi) is 3.53. The lowest BCUT2D eigenvalue weighted by Crippen LogP contribution is -2.17. The summed E-state index contributed by atoms with van der Waals surface area (Å²) in [6.07, 6.45) is 1.06. The highest BCUT2D eigenvalue weighted by molar-refractivity contribution is 5.77. The molecule has 0 amide bonds. The molecule has 0 saturated heterocycles. The van der Waals surface area contributed by atoms with Gasteiger partial charge in [0.2, 0.25) is 11.6 Å². The molecule has 9 heteroatoms. The molecular formula is C7H9N5O4. The topological polar surface area (TPSA) is 133 Å². The summed E-state index contributed by atoms with van der Waals surface area (Å²) in [4.78, 5) is 27.8. The molecular weight excluding hydrogens is 218 g/mol. The monoisotopic (exact) mass is 227 g/mol. The summed E-state index contributed by atoms with van der Waals surface area (Å²) >= 11 is 0. The summed E-state index contributed by atoms with van der Waals surface area (Å²) in [6.45, 7) is -0.242. The molecule has 0 aliphatic rings. The summed E-state index contributed by atoms with van der Waals surface area (Å²) in [5.74, 6) is -0.971. The Bertz CT molecular complexity index is 421. The number of esters is 1. The van der Waals surface area contributed by atoms with Crippen molar-refractivity contribution in [2.75, 3.05) is 24.7 Å². The van der Waals surface area contributed by atoms with Crippen LogP contribution in [0.2, 0.25) is 0 Å². The first-order chi connectivity index (χ1) is 7.56. The number of rotatable bonds is 4. The maximum Gasteiger partial charge on any atom is 0.352 e. The van der Waals surface area contributed by atoms with Crippen molar-refractivity contribution in [2.45, 2.75) is 0 Å². The SMILES string of the molecule is COC(=O)CNc1ncnc(N)c1[N+](=O)[O-]. The lowest BCUT2D eigenvalue weighted by Gasteiger charge is -2.05. The number of carbonyl (C=O) groups is 1. The standard InChI is InChI=1S/C7H9N5O4/c1-16-4(13)2-9-7-5(12(14)15)6(8)10-3-11-7/h3H,2H2,1H3,(H3,8,9,10,11). The van der Waals surface area contributed by atoms with Gasteiger partial charge in [-0.15, -0.1) is 0 Å². The highest BCUT2D eigenvalue weighted by Gasteiger charge is 2.21. The summed E-state index contributed by atoms with van der Waals surface area (Å²) in [5, 5.41) is 13.1. The smallest absolute Gasteiger partial charge is 0.352 e. The second-order valence-corrected chi connectivity index (χ2v) is 2.64. The molecule has 0 bridgehead atoms. The highest BCUT2D eigenvalue weighted by Crippen LogP contribution is 2.25. The van der Waals surface area contributed by atoms with E-state index in [0.29, 0.717) is 0 Å². The van der Waals surface area contributed by atoms with Crippen LogP contribution in [-0.4, -0.2) is 34.5 Å². The van der Waals surface area contributed by atoms with Crippen molar-refractivity contribution in [3.63, 3.8) is 0 Å². The normalized spacial score (nSPS) is 9.56. The molecule has 0 saturated carbocycles. The van der Waals surface area contributed by atoms with Crippen LogP contribution in [0.25, 0.3) is 0 Å². The number of carbonyl (C=O) groups excluding carboxylic acids is 1. The van der Waals surface area contributed by atoms with E-state index in [1.807, 2.05) is 0 Å². The van der Waals surface area contributed by atoms with Gasteiger partial charge in [0.05, 0.1) is 12.0 Å². The number of nitro groups is 1. The lowest BCUT2D eigenvalue weighted by molar-refractivity contribution is -0.383. The zero-order valence-corrected chi connectivity index (χ0v) is 8.34. The van der Waals surface area contributed by atoms with Gasteiger partial charge in [-0.1, -0.05) is 0 Å². The van der Waals surface area contributed by atoms with Gasteiger partial charge < -0.3 is 15.8 Å². The molecule has 0 spiro atoms. The van der Waals surface area contributed by atoms with Crippen molar-refractivity contribution in [3.8, 4) is 0 Å². The second kappa shape index (κ2) is 4.87. The Balaban J connectivity index is 2.91. The van der Waals surface area contributed by atoms with E-state index >= 15 is 0 Å². The van der Waals surface area contributed by atoms with Gasteiger partial charge in [-0.05, 0) is 0 Å². The fraction of sp³-hybridized carbons (Fsp3) is 0.286. The van der Waals surface area contributed by atoms with E-state index in [4.69, 9.17) is 5.73 Å². The average molecular weight is 227 g/mol.